The second-order valence-corrected chi connectivity index (χ2v) is 8.35. The van der Waals surface area contributed by atoms with Gasteiger partial charge in [0.2, 0.25) is 10.0 Å². The summed E-state index contributed by atoms with van der Waals surface area (Å²) >= 11 is 4.98. The Bertz CT molecular complexity index is 549. The smallest absolute Gasteiger partial charge is 0.244 e. The van der Waals surface area contributed by atoms with Crippen molar-refractivity contribution in [3.8, 4) is 0 Å². The highest BCUT2D eigenvalue weighted by atomic mass is 79.9. The molecule has 1 rings (SSSR count). The molecule has 0 heterocycles. The van der Waals surface area contributed by atoms with Crippen LogP contribution in [-0.4, -0.2) is 44.9 Å². The van der Waals surface area contributed by atoms with Gasteiger partial charge < -0.3 is 5.32 Å². The molecule has 0 saturated carbocycles. The molecule has 20 heavy (non-hydrogen) atoms. The molecule has 0 radical (unpaired) electrons. The van der Waals surface area contributed by atoms with Gasteiger partial charge >= 0.3 is 0 Å². The molecule has 4 nitrogen and oxygen atoms in total. The van der Waals surface area contributed by atoms with Gasteiger partial charge in [-0.1, -0.05) is 6.07 Å². The fourth-order valence-electron chi connectivity index (χ4n) is 1.80. The van der Waals surface area contributed by atoms with E-state index in [9.17, 15) is 8.42 Å². The molecule has 0 saturated heterocycles. The third-order valence-corrected chi connectivity index (χ3v) is 6.84. The van der Waals surface area contributed by atoms with Crippen LogP contribution in [0, 0.1) is 0 Å². The monoisotopic (exact) mass is 380 g/mol. The minimum Gasteiger partial charge on any atom is -0.316 e. The van der Waals surface area contributed by atoms with Crippen LogP contribution >= 0.6 is 27.7 Å². The molecule has 1 aromatic rings. The maximum Gasteiger partial charge on any atom is 0.244 e. The molecule has 1 unspecified atom stereocenters. The highest BCUT2D eigenvalue weighted by molar-refractivity contribution is 9.10. The van der Waals surface area contributed by atoms with Crippen LogP contribution in [0.25, 0.3) is 0 Å². The molecular weight excluding hydrogens is 360 g/mol. The number of rotatable bonds is 7. The fourth-order valence-corrected chi connectivity index (χ4v) is 4.93. The number of hydrogen-bond donors (Lipinski definition) is 1. The Morgan fingerprint density at radius 3 is 2.65 bits per heavy atom. The molecule has 114 valence electrons. The molecule has 1 aromatic carbocycles. The second kappa shape index (κ2) is 7.79. The predicted molar refractivity (Wildman–Crippen MR) is 89.7 cm³/mol. The van der Waals surface area contributed by atoms with E-state index in [1.807, 2.05) is 26.3 Å². The largest absolute Gasteiger partial charge is 0.316 e. The Kier molecular flexibility index (Phi) is 7.00. The van der Waals surface area contributed by atoms with Crippen LogP contribution in [0.3, 0.4) is 0 Å². The van der Waals surface area contributed by atoms with Gasteiger partial charge in [0, 0.05) is 29.9 Å². The zero-order chi connectivity index (χ0) is 15.3. The first-order valence-corrected chi connectivity index (χ1v) is 9.87. The Morgan fingerprint density at radius 2 is 2.10 bits per heavy atom. The first kappa shape index (κ1) is 18.0. The standard InChI is InChI=1S/C13H21BrN2O2S2/c1-10(9-19-4)16(3)20(17,18)13-7-11(8-15-2)5-6-12(13)14/h5-7,10,15H,8-9H2,1-4H3. The lowest BCUT2D eigenvalue weighted by molar-refractivity contribution is 0.414. The summed E-state index contributed by atoms with van der Waals surface area (Å²) in [6.45, 7) is 2.55. The summed E-state index contributed by atoms with van der Waals surface area (Å²) in [4.78, 5) is 0.320. The van der Waals surface area contributed by atoms with E-state index < -0.39 is 10.0 Å². The Hall–Kier alpha value is -0.0800. The number of hydrogen-bond acceptors (Lipinski definition) is 4. The first-order valence-electron chi connectivity index (χ1n) is 6.24. The van der Waals surface area contributed by atoms with Crippen molar-refractivity contribution in [2.45, 2.75) is 24.4 Å². The van der Waals surface area contributed by atoms with Crippen molar-refractivity contribution in [1.82, 2.24) is 9.62 Å². The SMILES string of the molecule is CNCc1ccc(Br)c(S(=O)(=O)N(C)C(C)CSC)c1. The van der Waals surface area contributed by atoms with Crippen LogP contribution in [0.15, 0.2) is 27.6 Å². The van der Waals surface area contributed by atoms with Crippen LogP contribution in [0.1, 0.15) is 12.5 Å². The fraction of sp³-hybridized carbons (Fsp3) is 0.538. The molecule has 0 aromatic heterocycles. The third-order valence-electron chi connectivity index (χ3n) is 3.06. The summed E-state index contributed by atoms with van der Waals surface area (Å²) in [5, 5.41) is 3.03. The van der Waals surface area contributed by atoms with Crippen LogP contribution in [0.2, 0.25) is 0 Å². The van der Waals surface area contributed by atoms with Gasteiger partial charge in [0.25, 0.3) is 0 Å². The van der Waals surface area contributed by atoms with Gasteiger partial charge in [0.05, 0.1) is 4.90 Å². The summed E-state index contributed by atoms with van der Waals surface area (Å²) in [6.07, 6.45) is 1.97. The molecule has 0 aliphatic rings. The van der Waals surface area contributed by atoms with Gasteiger partial charge in [0.15, 0.2) is 0 Å². The molecule has 1 N–H and O–H groups in total. The van der Waals surface area contributed by atoms with Crippen molar-refractivity contribution in [1.29, 1.82) is 0 Å². The quantitative estimate of drug-likeness (QED) is 0.789. The topological polar surface area (TPSA) is 49.4 Å². The van der Waals surface area contributed by atoms with E-state index in [0.717, 1.165) is 11.3 Å². The van der Waals surface area contributed by atoms with Gasteiger partial charge in [-0.3, -0.25) is 0 Å². The normalized spacial score (nSPS) is 13.7. The van der Waals surface area contributed by atoms with Crippen molar-refractivity contribution < 1.29 is 8.42 Å². The van der Waals surface area contributed by atoms with E-state index in [1.54, 1.807) is 30.9 Å². The number of benzene rings is 1. The molecule has 0 aliphatic carbocycles. The summed E-state index contributed by atoms with van der Waals surface area (Å²) in [7, 11) is -0.0180. The third kappa shape index (κ3) is 4.21. The minimum absolute atomic E-state index is 0.0464. The van der Waals surface area contributed by atoms with Gasteiger partial charge in [-0.2, -0.15) is 16.1 Å². The average Bonchev–Trinajstić information content (AvgIpc) is 2.40. The maximum absolute atomic E-state index is 12.7. The lowest BCUT2D eigenvalue weighted by Crippen LogP contribution is -2.36. The van der Waals surface area contributed by atoms with Crippen molar-refractivity contribution in [3.05, 3.63) is 28.2 Å². The predicted octanol–water partition coefficient (Wildman–Crippen LogP) is 2.54. The Labute approximate surface area is 134 Å². The molecule has 0 bridgehead atoms. The van der Waals surface area contributed by atoms with Gasteiger partial charge in [-0.05, 0) is 53.9 Å². The van der Waals surface area contributed by atoms with Crippen LogP contribution < -0.4 is 5.32 Å². The van der Waals surface area contributed by atoms with Crippen molar-refractivity contribution in [3.63, 3.8) is 0 Å². The van der Waals surface area contributed by atoms with E-state index >= 15 is 0 Å². The molecule has 0 spiro atoms. The van der Waals surface area contributed by atoms with Crippen LogP contribution in [0.5, 0.6) is 0 Å². The second-order valence-electron chi connectivity index (χ2n) is 4.62. The highest BCUT2D eigenvalue weighted by Gasteiger charge is 2.27. The number of thioether (sulfide) groups is 1. The van der Waals surface area contributed by atoms with Crippen molar-refractivity contribution >= 4 is 37.7 Å². The van der Waals surface area contributed by atoms with Crippen molar-refractivity contribution in [2.75, 3.05) is 26.1 Å². The van der Waals surface area contributed by atoms with Gasteiger partial charge in [-0.15, -0.1) is 0 Å². The van der Waals surface area contributed by atoms with E-state index in [0.29, 0.717) is 15.9 Å². The molecule has 0 fully saturated rings. The van der Waals surface area contributed by atoms with E-state index in [-0.39, 0.29) is 6.04 Å². The zero-order valence-corrected chi connectivity index (χ0v) is 15.4. The minimum atomic E-state index is -3.49. The first-order chi connectivity index (χ1) is 9.34. The van der Waals surface area contributed by atoms with Crippen molar-refractivity contribution in [2.24, 2.45) is 0 Å². The van der Waals surface area contributed by atoms with Crippen LogP contribution in [0.4, 0.5) is 0 Å². The summed E-state index contributed by atoms with van der Waals surface area (Å²) in [6, 6.07) is 5.37. The average molecular weight is 381 g/mol. The molecule has 1 atom stereocenters. The summed E-state index contributed by atoms with van der Waals surface area (Å²) in [5.74, 6) is 0.767. The zero-order valence-electron chi connectivity index (χ0n) is 12.2. The number of halogens is 1. The van der Waals surface area contributed by atoms with Crippen LogP contribution in [-0.2, 0) is 16.6 Å². The van der Waals surface area contributed by atoms with Gasteiger partial charge in [-0.25, -0.2) is 8.42 Å². The number of nitrogens with zero attached hydrogens (tertiary/aromatic N) is 1. The molecule has 7 heteroatoms. The molecule has 0 aliphatic heterocycles. The maximum atomic E-state index is 12.7. The number of nitrogens with one attached hydrogen (secondary N) is 1. The lowest BCUT2D eigenvalue weighted by Gasteiger charge is -2.24. The highest BCUT2D eigenvalue weighted by Crippen LogP contribution is 2.27. The molecular formula is C13H21BrN2O2S2. The van der Waals surface area contributed by atoms with E-state index in [2.05, 4.69) is 21.2 Å². The molecule has 0 amide bonds. The van der Waals surface area contributed by atoms with E-state index in [4.69, 9.17) is 0 Å². The Balaban J connectivity index is 3.17. The summed E-state index contributed by atoms with van der Waals surface area (Å²) < 4.78 is 27.4. The lowest BCUT2D eigenvalue weighted by atomic mass is 10.2. The summed E-state index contributed by atoms with van der Waals surface area (Å²) in [5.41, 5.74) is 0.945. The van der Waals surface area contributed by atoms with E-state index in [1.165, 1.54) is 4.31 Å². The van der Waals surface area contributed by atoms with Gasteiger partial charge in [0.1, 0.15) is 0 Å². The number of sulfonamides is 1. The Morgan fingerprint density at radius 1 is 1.45 bits per heavy atom.